The molecule has 7 nitrogen and oxygen atoms in total. The van der Waals surface area contributed by atoms with Crippen molar-refractivity contribution < 1.29 is 27.2 Å². The van der Waals surface area contributed by atoms with Gasteiger partial charge in [-0.25, -0.2) is 4.79 Å². The van der Waals surface area contributed by atoms with Crippen molar-refractivity contribution in [3.05, 3.63) is 89.5 Å². The lowest BCUT2D eigenvalue weighted by Gasteiger charge is -2.25. The Kier molecular flexibility index (Phi) is 8.32. The van der Waals surface area contributed by atoms with Crippen LogP contribution in [0.15, 0.2) is 72.8 Å². The van der Waals surface area contributed by atoms with Gasteiger partial charge in [0.1, 0.15) is 5.75 Å². The Balaban J connectivity index is 1.99. The first-order valence-electron chi connectivity index (χ1n) is 11.3. The molecule has 0 heterocycles. The van der Waals surface area contributed by atoms with Crippen LogP contribution >= 0.6 is 0 Å². The van der Waals surface area contributed by atoms with Crippen LogP contribution in [0, 0.1) is 6.92 Å². The first-order valence-corrected chi connectivity index (χ1v) is 12.9. The molecule has 3 aromatic rings. The van der Waals surface area contributed by atoms with E-state index in [4.69, 9.17) is 9.47 Å². The molecule has 0 aliphatic heterocycles. The maximum atomic E-state index is 12.8. The Bertz CT molecular complexity index is 1250. The van der Waals surface area contributed by atoms with Gasteiger partial charge in [0.25, 0.3) is 10.1 Å². The number of carbonyl (C=O) groups is 1. The molecule has 0 bridgehead atoms. The van der Waals surface area contributed by atoms with Crippen molar-refractivity contribution >= 4 is 16.1 Å². The number of rotatable bonds is 9. The van der Waals surface area contributed by atoms with E-state index in [1.54, 1.807) is 60.7 Å². The average Bonchev–Trinajstić information content (AvgIpc) is 2.78. The summed E-state index contributed by atoms with van der Waals surface area (Å²) >= 11 is 0. The second-order valence-electron chi connectivity index (χ2n) is 9.45. The molecule has 0 fully saturated rings. The van der Waals surface area contributed by atoms with Gasteiger partial charge in [0.2, 0.25) is 0 Å². The molecule has 0 saturated carbocycles. The zero-order valence-corrected chi connectivity index (χ0v) is 21.1. The standard InChI is InChI=1S/C27H31NO6S/c1-19-10-13-23(14-11-19)33-24-15-12-21(22(18-35(30,31)32)17-28-27(2,3)4)16-25(24)34-26(29)20-8-6-5-7-9-20/h5-16,22,28H,17-18H2,1-4H3,(H,30,31,32). The summed E-state index contributed by atoms with van der Waals surface area (Å²) in [5, 5.41) is 3.27. The van der Waals surface area contributed by atoms with E-state index in [1.165, 1.54) is 0 Å². The molecule has 8 heteroatoms. The normalized spacial score (nSPS) is 12.7. The van der Waals surface area contributed by atoms with Crippen LogP contribution in [-0.4, -0.2) is 36.8 Å². The molecule has 0 radical (unpaired) electrons. The Hall–Kier alpha value is -3.20. The fraction of sp³-hybridized carbons (Fsp3) is 0.296. The third-order valence-electron chi connectivity index (χ3n) is 5.19. The predicted molar refractivity (Wildman–Crippen MR) is 136 cm³/mol. The van der Waals surface area contributed by atoms with Crippen molar-refractivity contribution in [3.8, 4) is 17.2 Å². The lowest BCUT2D eigenvalue weighted by atomic mass is 9.98. The first-order chi connectivity index (χ1) is 16.4. The minimum absolute atomic E-state index is 0.146. The summed E-state index contributed by atoms with van der Waals surface area (Å²) in [6, 6.07) is 20.9. The molecule has 3 aromatic carbocycles. The summed E-state index contributed by atoms with van der Waals surface area (Å²) in [5.74, 6) is -0.642. The maximum Gasteiger partial charge on any atom is 0.343 e. The van der Waals surface area contributed by atoms with E-state index >= 15 is 0 Å². The number of hydrogen-bond acceptors (Lipinski definition) is 6. The molecular formula is C27H31NO6S. The third-order valence-corrected chi connectivity index (χ3v) is 6.01. The number of carbonyl (C=O) groups excluding carboxylic acids is 1. The van der Waals surface area contributed by atoms with Crippen LogP contribution in [0.3, 0.4) is 0 Å². The van der Waals surface area contributed by atoms with Gasteiger partial charge in [-0.15, -0.1) is 0 Å². The van der Waals surface area contributed by atoms with Gasteiger partial charge in [-0.1, -0.05) is 42.0 Å². The summed E-state index contributed by atoms with van der Waals surface area (Å²) in [6.07, 6.45) is 0. The quantitative estimate of drug-likeness (QED) is 0.233. The van der Waals surface area contributed by atoms with Gasteiger partial charge in [-0.2, -0.15) is 8.42 Å². The second-order valence-corrected chi connectivity index (χ2v) is 11.0. The topological polar surface area (TPSA) is 102 Å². The number of hydrogen-bond donors (Lipinski definition) is 2. The fourth-order valence-corrected chi connectivity index (χ4v) is 4.18. The van der Waals surface area contributed by atoms with Crippen molar-refractivity contribution in [2.75, 3.05) is 12.3 Å². The van der Waals surface area contributed by atoms with Gasteiger partial charge in [-0.3, -0.25) is 4.55 Å². The molecule has 2 N–H and O–H groups in total. The highest BCUT2D eigenvalue weighted by Gasteiger charge is 2.24. The van der Waals surface area contributed by atoms with Gasteiger partial charge >= 0.3 is 5.97 Å². The molecule has 0 spiro atoms. The Labute approximate surface area is 206 Å². The zero-order chi connectivity index (χ0) is 25.6. The van der Waals surface area contributed by atoms with Crippen LogP contribution in [0.1, 0.15) is 48.2 Å². The van der Waals surface area contributed by atoms with Gasteiger partial charge in [0.05, 0.1) is 11.3 Å². The van der Waals surface area contributed by atoms with Crippen molar-refractivity contribution in [1.82, 2.24) is 5.32 Å². The van der Waals surface area contributed by atoms with E-state index in [1.807, 2.05) is 39.8 Å². The first kappa shape index (κ1) is 26.4. The van der Waals surface area contributed by atoms with Crippen molar-refractivity contribution in [3.63, 3.8) is 0 Å². The highest BCUT2D eigenvalue weighted by molar-refractivity contribution is 7.85. The van der Waals surface area contributed by atoms with E-state index in [-0.39, 0.29) is 17.8 Å². The molecule has 35 heavy (non-hydrogen) atoms. The lowest BCUT2D eigenvalue weighted by Crippen LogP contribution is -2.39. The summed E-state index contributed by atoms with van der Waals surface area (Å²) in [4.78, 5) is 12.8. The van der Waals surface area contributed by atoms with Crippen LogP contribution in [0.25, 0.3) is 0 Å². The number of nitrogens with one attached hydrogen (secondary N) is 1. The van der Waals surface area contributed by atoms with E-state index in [9.17, 15) is 17.8 Å². The Morgan fingerprint density at radius 1 is 0.971 bits per heavy atom. The SMILES string of the molecule is Cc1ccc(Oc2ccc(C(CNC(C)(C)C)CS(=O)(=O)O)cc2OC(=O)c2ccccc2)cc1. The Morgan fingerprint density at radius 3 is 2.23 bits per heavy atom. The molecular weight excluding hydrogens is 466 g/mol. The largest absolute Gasteiger partial charge is 0.453 e. The number of benzene rings is 3. The van der Waals surface area contributed by atoms with Crippen molar-refractivity contribution in [1.29, 1.82) is 0 Å². The summed E-state index contributed by atoms with van der Waals surface area (Å²) in [5.41, 5.74) is 1.74. The van der Waals surface area contributed by atoms with Gasteiger partial charge in [-0.05, 0) is 69.7 Å². The summed E-state index contributed by atoms with van der Waals surface area (Å²) in [6.45, 7) is 8.13. The van der Waals surface area contributed by atoms with Crippen molar-refractivity contribution in [2.24, 2.45) is 0 Å². The summed E-state index contributed by atoms with van der Waals surface area (Å²) in [7, 11) is -4.26. The monoisotopic (exact) mass is 497 g/mol. The van der Waals surface area contributed by atoms with E-state index in [2.05, 4.69) is 5.32 Å². The molecule has 1 unspecified atom stereocenters. The molecule has 0 amide bonds. The Morgan fingerprint density at radius 2 is 1.63 bits per heavy atom. The highest BCUT2D eigenvalue weighted by atomic mass is 32.2. The van der Waals surface area contributed by atoms with Gasteiger partial charge in [0, 0.05) is 18.0 Å². The van der Waals surface area contributed by atoms with E-state index < -0.39 is 27.8 Å². The summed E-state index contributed by atoms with van der Waals surface area (Å²) < 4.78 is 44.7. The maximum absolute atomic E-state index is 12.8. The highest BCUT2D eigenvalue weighted by Crippen LogP contribution is 2.35. The minimum atomic E-state index is -4.26. The fourth-order valence-electron chi connectivity index (χ4n) is 3.37. The molecule has 1 atom stereocenters. The minimum Gasteiger partial charge on any atom is -0.453 e. The molecule has 0 aliphatic rings. The number of aryl methyl sites for hydroxylation is 1. The van der Waals surface area contributed by atoms with Gasteiger partial charge in [0.15, 0.2) is 11.5 Å². The molecule has 0 aromatic heterocycles. The van der Waals surface area contributed by atoms with Crippen LogP contribution < -0.4 is 14.8 Å². The number of ether oxygens (including phenoxy) is 2. The van der Waals surface area contributed by atoms with E-state index in [0.717, 1.165) is 5.56 Å². The average molecular weight is 498 g/mol. The van der Waals surface area contributed by atoms with E-state index in [0.29, 0.717) is 22.6 Å². The van der Waals surface area contributed by atoms with Crippen LogP contribution in [0.4, 0.5) is 0 Å². The van der Waals surface area contributed by atoms with Crippen LogP contribution in [-0.2, 0) is 10.1 Å². The molecule has 0 aliphatic carbocycles. The zero-order valence-electron chi connectivity index (χ0n) is 20.3. The third kappa shape index (κ3) is 8.51. The number of esters is 1. The molecule has 3 rings (SSSR count). The molecule has 0 saturated heterocycles. The van der Waals surface area contributed by atoms with Crippen LogP contribution in [0.5, 0.6) is 17.2 Å². The molecule has 186 valence electrons. The lowest BCUT2D eigenvalue weighted by molar-refractivity contribution is 0.0730. The smallest absolute Gasteiger partial charge is 0.343 e. The van der Waals surface area contributed by atoms with Crippen LogP contribution in [0.2, 0.25) is 0 Å². The second kappa shape index (κ2) is 11.0. The van der Waals surface area contributed by atoms with Gasteiger partial charge < -0.3 is 14.8 Å². The predicted octanol–water partition coefficient (Wildman–Crippen LogP) is 5.37. The van der Waals surface area contributed by atoms with Crippen molar-refractivity contribution in [2.45, 2.75) is 39.2 Å².